The topological polar surface area (TPSA) is 44.1 Å². The molecule has 0 N–H and O–H groups in total. The maximum Gasteiger partial charge on any atom is 0.137 e. The number of nitrogens with zero attached hydrogens (tertiary/aromatic N) is 2. The van der Waals surface area contributed by atoms with Crippen LogP contribution < -0.4 is 4.90 Å². The molecule has 2 saturated heterocycles. The molecule has 0 aliphatic carbocycles. The minimum Gasteiger partial charge on any atom is -0.364 e. The normalized spacial score (nSPS) is 26.2. The third-order valence-electron chi connectivity index (χ3n) is 3.90. The number of anilines is 1. The van der Waals surface area contributed by atoms with E-state index < -0.39 is 5.82 Å². The number of Topliss-reactive ketones (excluding diaryl/α,β-unsaturated/α-hetero) is 1. The van der Waals surface area contributed by atoms with Crippen molar-refractivity contribution in [2.75, 3.05) is 4.90 Å². The van der Waals surface area contributed by atoms with Gasteiger partial charge in [-0.3, -0.25) is 4.79 Å². The van der Waals surface area contributed by atoms with Gasteiger partial charge in [0, 0.05) is 24.9 Å². The van der Waals surface area contributed by atoms with Crippen LogP contribution >= 0.6 is 0 Å². The number of carbonyl (C=O) groups is 1. The Hall–Kier alpha value is -1.89. The molecule has 2 aliphatic rings. The monoisotopic (exact) mass is 244 g/mol. The zero-order valence-corrected chi connectivity index (χ0v) is 9.90. The molecule has 0 saturated carbocycles. The van der Waals surface area contributed by atoms with Crippen molar-refractivity contribution in [3.8, 4) is 6.07 Å². The van der Waals surface area contributed by atoms with Crippen LogP contribution in [0.3, 0.4) is 0 Å². The lowest BCUT2D eigenvalue weighted by atomic mass is 9.99. The van der Waals surface area contributed by atoms with Gasteiger partial charge in [-0.25, -0.2) is 4.39 Å². The number of halogens is 1. The molecule has 2 heterocycles. The van der Waals surface area contributed by atoms with Gasteiger partial charge in [-0.05, 0) is 31.0 Å². The Morgan fingerprint density at radius 1 is 1.28 bits per heavy atom. The third-order valence-corrected chi connectivity index (χ3v) is 3.90. The summed E-state index contributed by atoms with van der Waals surface area (Å²) in [6.07, 6.45) is 3.08. The van der Waals surface area contributed by atoms with Crippen LogP contribution in [0.2, 0.25) is 0 Å². The highest BCUT2D eigenvalue weighted by atomic mass is 19.1. The first kappa shape index (κ1) is 11.2. The van der Waals surface area contributed by atoms with Gasteiger partial charge in [-0.1, -0.05) is 0 Å². The molecule has 3 rings (SSSR count). The predicted molar refractivity (Wildman–Crippen MR) is 64.6 cm³/mol. The molecule has 2 fully saturated rings. The fourth-order valence-electron chi connectivity index (χ4n) is 3.19. The smallest absolute Gasteiger partial charge is 0.137 e. The van der Waals surface area contributed by atoms with Crippen molar-refractivity contribution in [3.05, 3.63) is 29.6 Å². The maximum atomic E-state index is 13.1. The summed E-state index contributed by atoms with van der Waals surface area (Å²) in [5.41, 5.74) is 1.14. The molecule has 2 bridgehead atoms. The van der Waals surface area contributed by atoms with Crippen molar-refractivity contribution in [2.24, 2.45) is 0 Å². The molecule has 0 radical (unpaired) electrons. The SMILES string of the molecule is N#Cc1cc(F)ccc1N1C2CCC1CC(=O)C2. The van der Waals surface area contributed by atoms with Gasteiger partial charge < -0.3 is 4.90 Å². The molecule has 2 atom stereocenters. The first-order valence-corrected chi connectivity index (χ1v) is 6.18. The fourth-order valence-corrected chi connectivity index (χ4v) is 3.19. The van der Waals surface area contributed by atoms with Crippen LogP contribution in [-0.4, -0.2) is 17.9 Å². The number of carbonyl (C=O) groups excluding carboxylic acids is 1. The van der Waals surface area contributed by atoms with E-state index in [1.165, 1.54) is 12.1 Å². The van der Waals surface area contributed by atoms with E-state index in [1.54, 1.807) is 6.07 Å². The number of piperidine rings is 1. The molecule has 0 aromatic heterocycles. The first-order chi connectivity index (χ1) is 8.69. The zero-order chi connectivity index (χ0) is 12.7. The van der Waals surface area contributed by atoms with E-state index in [9.17, 15) is 9.18 Å². The van der Waals surface area contributed by atoms with Gasteiger partial charge in [0.15, 0.2) is 0 Å². The Labute approximate surface area is 105 Å². The molecular weight excluding hydrogens is 231 g/mol. The van der Waals surface area contributed by atoms with E-state index in [0.717, 1.165) is 18.5 Å². The van der Waals surface area contributed by atoms with Gasteiger partial charge in [-0.15, -0.1) is 0 Å². The summed E-state index contributed by atoms with van der Waals surface area (Å²) in [6, 6.07) is 6.74. The lowest BCUT2D eigenvalue weighted by molar-refractivity contribution is -0.120. The zero-order valence-electron chi connectivity index (χ0n) is 9.90. The van der Waals surface area contributed by atoms with Crippen LogP contribution in [0.1, 0.15) is 31.2 Å². The Kier molecular flexibility index (Phi) is 2.55. The highest BCUT2D eigenvalue weighted by Gasteiger charge is 2.40. The van der Waals surface area contributed by atoms with Crippen molar-refractivity contribution in [1.82, 2.24) is 0 Å². The number of benzene rings is 1. The van der Waals surface area contributed by atoms with E-state index in [4.69, 9.17) is 5.26 Å². The fraction of sp³-hybridized carbons (Fsp3) is 0.429. The summed E-state index contributed by atoms with van der Waals surface area (Å²) in [5.74, 6) is -0.0879. The number of rotatable bonds is 1. The summed E-state index contributed by atoms with van der Waals surface area (Å²) in [7, 11) is 0. The molecule has 3 nitrogen and oxygen atoms in total. The molecule has 1 aromatic rings. The van der Waals surface area contributed by atoms with Crippen molar-refractivity contribution in [1.29, 1.82) is 5.26 Å². The summed E-state index contributed by atoms with van der Waals surface area (Å²) < 4.78 is 13.1. The highest BCUT2D eigenvalue weighted by molar-refractivity contribution is 5.83. The Balaban J connectivity index is 2.01. The molecule has 4 heteroatoms. The van der Waals surface area contributed by atoms with Crippen LogP contribution in [0, 0.1) is 17.1 Å². The van der Waals surface area contributed by atoms with Crippen LogP contribution in [-0.2, 0) is 4.79 Å². The maximum absolute atomic E-state index is 13.1. The van der Waals surface area contributed by atoms with Gasteiger partial charge in [0.2, 0.25) is 0 Å². The summed E-state index contributed by atoms with van der Waals surface area (Å²) in [4.78, 5) is 13.7. The van der Waals surface area contributed by atoms with Crippen molar-refractivity contribution < 1.29 is 9.18 Å². The summed E-state index contributed by atoms with van der Waals surface area (Å²) in [5, 5.41) is 9.11. The van der Waals surface area contributed by atoms with E-state index in [0.29, 0.717) is 24.2 Å². The minimum absolute atomic E-state index is 0.189. The molecule has 18 heavy (non-hydrogen) atoms. The Morgan fingerprint density at radius 3 is 2.56 bits per heavy atom. The van der Waals surface area contributed by atoms with E-state index in [1.807, 2.05) is 6.07 Å². The van der Waals surface area contributed by atoms with Crippen LogP contribution in [0.25, 0.3) is 0 Å². The lowest BCUT2D eigenvalue weighted by Gasteiger charge is -2.36. The standard InChI is InChI=1S/C14H13FN2O/c15-10-1-4-14(9(5-10)8-16)17-11-2-3-12(17)7-13(18)6-11/h1,4-5,11-12H,2-3,6-7H2. The first-order valence-electron chi connectivity index (χ1n) is 6.18. The Bertz CT molecular complexity index is 533. The quantitative estimate of drug-likeness (QED) is 0.762. The van der Waals surface area contributed by atoms with E-state index in [-0.39, 0.29) is 12.1 Å². The second-order valence-electron chi connectivity index (χ2n) is 5.01. The largest absolute Gasteiger partial charge is 0.364 e. The van der Waals surface area contributed by atoms with E-state index in [2.05, 4.69) is 4.90 Å². The van der Waals surface area contributed by atoms with Crippen LogP contribution in [0.5, 0.6) is 0 Å². The average Bonchev–Trinajstić information content (AvgIpc) is 2.62. The van der Waals surface area contributed by atoms with Gasteiger partial charge in [-0.2, -0.15) is 5.26 Å². The molecule has 0 amide bonds. The molecule has 2 aliphatic heterocycles. The number of nitriles is 1. The lowest BCUT2D eigenvalue weighted by Crippen LogP contribution is -2.43. The van der Waals surface area contributed by atoms with Crippen LogP contribution in [0.4, 0.5) is 10.1 Å². The molecule has 92 valence electrons. The predicted octanol–water partition coefficient (Wildman–Crippen LogP) is 2.40. The van der Waals surface area contributed by atoms with Gasteiger partial charge >= 0.3 is 0 Å². The Morgan fingerprint density at radius 2 is 1.94 bits per heavy atom. The van der Waals surface area contributed by atoms with Gasteiger partial charge in [0.05, 0.1) is 11.3 Å². The van der Waals surface area contributed by atoms with Crippen LogP contribution in [0.15, 0.2) is 18.2 Å². The molecule has 0 spiro atoms. The van der Waals surface area contributed by atoms with Crippen molar-refractivity contribution in [2.45, 2.75) is 37.8 Å². The third kappa shape index (κ3) is 1.67. The van der Waals surface area contributed by atoms with Gasteiger partial charge in [0.25, 0.3) is 0 Å². The molecule has 2 unspecified atom stereocenters. The highest BCUT2D eigenvalue weighted by Crippen LogP contribution is 2.39. The summed E-state index contributed by atoms with van der Waals surface area (Å²) >= 11 is 0. The van der Waals surface area contributed by atoms with Crippen molar-refractivity contribution >= 4 is 11.5 Å². The van der Waals surface area contributed by atoms with E-state index >= 15 is 0 Å². The second-order valence-corrected chi connectivity index (χ2v) is 5.01. The number of ketones is 1. The average molecular weight is 244 g/mol. The number of hydrogen-bond acceptors (Lipinski definition) is 3. The van der Waals surface area contributed by atoms with Gasteiger partial charge in [0.1, 0.15) is 17.7 Å². The summed E-state index contributed by atoms with van der Waals surface area (Å²) in [6.45, 7) is 0. The molecular formula is C14H13FN2O. The molecule has 1 aromatic carbocycles. The minimum atomic E-state index is -0.393. The number of fused-ring (bicyclic) bond motifs is 2. The second kappa shape index (κ2) is 4.09. The van der Waals surface area contributed by atoms with Crippen molar-refractivity contribution in [3.63, 3.8) is 0 Å². The number of hydrogen-bond donors (Lipinski definition) is 0.